The van der Waals surface area contributed by atoms with Gasteiger partial charge in [-0.1, -0.05) is 37.8 Å². The first kappa shape index (κ1) is 11.6. The van der Waals surface area contributed by atoms with E-state index in [9.17, 15) is 0 Å². The molecular formula is C4H10LiNS2. The molecule has 0 aromatic rings. The molecule has 0 atom stereocenters. The van der Waals surface area contributed by atoms with Crippen LogP contribution in [-0.4, -0.2) is 9.57 Å². The summed E-state index contributed by atoms with van der Waals surface area (Å²) in [6.07, 6.45) is 0. The van der Waals surface area contributed by atoms with Crippen LogP contribution in [0.1, 0.15) is 15.3 Å². The molecule has 0 aliphatic carbocycles. The number of rotatable bonds is 1. The maximum Gasteiger partial charge on any atom is 1.00 e. The molecule has 0 radical (unpaired) electrons. The Kier molecular flexibility index (Phi) is 8.66. The first-order valence-electron chi connectivity index (χ1n) is 2.09. The van der Waals surface area contributed by atoms with Gasteiger partial charge in [0.15, 0.2) is 0 Å². The molecular weight excluding hydrogens is 133 g/mol. The van der Waals surface area contributed by atoms with E-state index < -0.39 is 0 Å². The summed E-state index contributed by atoms with van der Waals surface area (Å²) in [5.41, 5.74) is 5.19. The van der Waals surface area contributed by atoms with Crippen molar-refractivity contribution >= 4 is 28.3 Å². The summed E-state index contributed by atoms with van der Waals surface area (Å²) in [7, 11) is 0. The molecule has 0 aromatic carbocycles. The minimum Gasteiger partial charge on any atom is -1.00 e. The van der Waals surface area contributed by atoms with Crippen LogP contribution in [0.3, 0.4) is 0 Å². The third-order valence-electron chi connectivity index (χ3n) is 0.352. The zero-order valence-electron chi connectivity index (χ0n) is 6.47. The van der Waals surface area contributed by atoms with E-state index in [-0.39, 0.29) is 20.3 Å². The Morgan fingerprint density at radius 3 is 2.12 bits per heavy atom. The van der Waals surface area contributed by atoms with E-state index >= 15 is 0 Å². The summed E-state index contributed by atoms with van der Waals surface area (Å²) < 4.78 is 0.537. The number of hydrogen-bond acceptors (Lipinski definition) is 2. The topological polar surface area (TPSA) is 26.0 Å². The number of thioether (sulfide) groups is 1. The van der Waals surface area contributed by atoms with Gasteiger partial charge in [-0.05, 0) is 0 Å². The van der Waals surface area contributed by atoms with Gasteiger partial charge < -0.3 is 7.16 Å². The molecule has 8 heavy (non-hydrogen) atoms. The van der Waals surface area contributed by atoms with Crippen LogP contribution in [0, 0.1) is 0 Å². The summed E-state index contributed by atoms with van der Waals surface area (Å²) in [5, 5.41) is 0.525. The maximum absolute atomic E-state index is 5.19. The molecule has 0 bridgehead atoms. The molecule has 2 N–H and O–H groups in total. The summed E-state index contributed by atoms with van der Waals surface area (Å²) in [6, 6.07) is 0. The molecule has 0 rings (SSSR count). The van der Waals surface area contributed by atoms with Gasteiger partial charge in [-0.3, -0.25) is 0 Å². The predicted octanol–water partition coefficient (Wildman–Crippen LogP) is -1.51. The minimum atomic E-state index is 0. The molecule has 0 fully saturated rings. The molecule has 0 saturated carbocycles. The largest absolute Gasteiger partial charge is 1.00 e. The Morgan fingerprint density at radius 2 is 2.12 bits per heavy atom. The van der Waals surface area contributed by atoms with E-state index in [1.807, 2.05) is 0 Å². The van der Waals surface area contributed by atoms with Crippen molar-refractivity contribution in [3.63, 3.8) is 0 Å². The summed E-state index contributed by atoms with van der Waals surface area (Å²) in [5.74, 6) is 0. The van der Waals surface area contributed by atoms with E-state index in [2.05, 4.69) is 26.1 Å². The zero-order chi connectivity index (χ0) is 5.86. The first-order valence-corrected chi connectivity index (χ1v) is 3.38. The average Bonchev–Trinajstić information content (AvgIpc) is 1.27. The standard InChI is InChI=1S/C4H9NS2.Li.H/c1-3(2)7-4(5)6;;/h3H,1-2H3,(H2,5,6);;/q;+1;-1. The second-order valence-electron chi connectivity index (χ2n) is 1.49. The SMILES string of the molecule is CC(C)SC(N)=S.[H-].[Li+]. The van der Waals surface area contributed by atoms with E-state index in [1.54, 1.807) is 0 Å². The number of hydrogen-bond donors (Lipinski definition) is 1. The predicted molar refractivity (Wildman–Crippen MR) is 40.6 cm³/mol. The first-order chi connectivity index (χ1) is 3.13. The van der Waals surface area contributed by atoms with E-state index in [0.29, 0.717) is 9.57 Å². The van der Waals surface area contributed by atoms with Gasteiger partial charge in [0, 0.05) is 5.25 Å². The van der Waals surface area contributed by atoms with Gasteiger partial charge in [0.05, 0.1) is 0 Å². The second-order valence-corrected chi connectivity index (χ2v) is 3.80. The van der Waals surface area contributed by atoms with Crippen molar-refractivity contribution in [2.75, 3.05) is 0 Å². The molecule has 0 amide bonds. The van der Waals surface area contributed by atoms with Gasteiger partial charge in [0.25, 0.3) is 0 Å². The van der Waals surface area contributed by atoms with Crippen molar-refractivity contribution in [1.82, 2.24) is 0 Å². The Bertz CT molecular complexity index is 79.0. The van der Waals surface area contributed by atoms with Crippen LogP contribution in [0.5, 0.6) is 0 Å². The normalized spacial score (nSPS) is 8.38. The molecule has 1 nitrogen and oxygen atoms in total. The molecule has 0 spiro atoms. The monoisotopic (exact) mass is 143 g/mol. The van der Waals surface area contributed by atoms with E-state index in [0.717, 1.165) is 0 Å². The number of nitrogens with two attached hydrogens (primary N) is 1. The van der Waals surface area contributed by atoms with Gasteiger partial charge in [-0.2, -0.15) is 0 Å². The van der Waals surface area contributed by atoms with Crippen LogP contribution in [0.4, 0.5) is 0 Å². The van der Waals surface area contributed by atoms with Gasteiger partial charge in [0.1, 0.15) is 4.32 Å². The second kappa shape index (κ2) is 5.96. The minimum absolute atomic E-state index is 0. The van der Waals surface area contributed by atoms with Crippen LogP contribution in [0.25, 0.3) is 0 Å². The van der Waals surface area contributed by atoms with Crippen molar-refractivity contribution in [3.8, 4) is 0 Å². The summed E-state index contributed by atoms with van der Waals surface area (Å²) >= 11 is 6.13. The zero-order valence-corrected chi connectivity index (χ0v) is 7.10. The molecule has 0 aliphatic heterocycles. The van der Waals surface area contributed by atoms with Gasteiger partial charge in [-0.15, -0.1) is 0 Å². The average molecular weight is 143 g/mol. The van der Waals surface area contributed by atoms with Gasteiger partial charge in [-0.25, -0.2) is 0 Å². The van der Waals surface area contributed by atoms with Crippen LogP contribution >= 0.6 is 24.0 Å². The molecule has 0 aliphatic rings. The molecule has 0 unspecified atom stereocenters. The van der Waals surface area contributed by atoms with Gasteiger partial charge >= 0.3 is 18.9 Å². The van der Waals surface area contributed by atoms with E-state index in [4.69, 9.17) is 5.73 Å². The van der Waals surface area contributed by atoms with Crippen molar-refractivity contribution in [3.05, 3.63) is 0 Å². The van der Waals surface area contributed by atoms with Crippen LogP contribution in [0.15, 0.2) is 0 Å². The smallest absolute Gasteiger partial charge is 1.00 e. The third kappa shape index (κ3) is 9.96. The number of thiocarbonyl (C=S) groups is 1. The Morgan fingerprint density at radius 1 is 1.75 bits per heavy atom. The third-order valence-corrected chi connectivity index (χ3v) is 1.34. The van der Waals surface area contributed by atoms with Crippen molar-refractivity contribution in [2.45, 2.75) is 19.1 Å². The Hall–Kier alpha value is 0.837. The van der Waals surface area contributed by atoms with Crippen LogP contribution in [0.2, 0.25) is 0 Å². The fraction of sp³-hybridized carbons (Fsp3) is 0.750. The van der Waals surface area contributed by atoms with Gasteiger partial charge in [0.2, 0.25) is 0 Å². The van der Waals surface area contributed by atoms with Crippen molar-refractivity contribution in [1.29, 1.82) is 0 Å². The van der Waals surface area contributed by atoms with Crippen LogP contribution in [-0.2, 0) is 0 Å². The Balaban J connectivity index is -0.000000180. The van der Waals surface area contributed by atoms with E-state index in [1.165, 1.54) is 11.8 Å². The molecule has 0 saturated heterocycles. The summed E-state index contributed by atoms with van der Waals surface area (Å²) in [4.78, 5) is 0. The van der Waals surface area contributed by atoms with Crippen LogP contribution < -0.4 is 24.6 Å². The van der Waals surface area contributed by atoms with Crippen molar-refractivity contribution < 1.29 is 20.3 Å². The fourth-order valence-electron chi connectivity index (χ4n) is 0.232. The fourth-order valence-corrected chi connectivity index (χ4v) is 1.27. The molecule has 0 aromatic heterocycles. The maximum atomic E-state index is 5.19. The molecule has 4 heteroatoms. The molecule has 0 heterocycles. The Labute approximate surface area is 73.4 Å². The quantitative estimate of drug-likeness (QED) is 0.357. The molecule has 44 valence electrons. The van der Waals surface area contributed by atoms with Crippen molar-refractivity contribution in [2.24, 2.45) is 5.73 Å². The summed E-state index contributed by atoms with van der Waals surface area (Å²) in [6.45, 7) is 4.12.